The van der Waals surface area contributed by atoms with Gasteiger partial charge in [0, 0.05) is 11.4 Å². The van der Waals surface area contributed by atoms with Gasteiger partial charge in [-0.15, -0.1) is 0 Å². The first-order chi connectivity index (χ1) is 9.79. The number of primary sulfonamides is 1. The fourth-order valence-corrected chi connectivity index (χ4v) is 2.46. The van der Waals surface area contributed by atoms with Gasteiger partial charge in [-0.3, -0.25) is 0 Å². The summed E-state index contributed by atoms with van der Waals surface area (Å²) in [4.78, 5) is -0.113. The molecule has 0 fully saturated rings. The summed E-state index contributed by atoms with van der Waals surface area (Å²) in [6, 6.07) is 10.8. The molecule has 21 heavy (non-hydrogen) atoms. The SMILES string of the molecule is N#Cc1ccc(Cl)c(Nc2cc(N)cc(S(N)(=O)=O)c2)c1. The van der Waals surface area contributed by atoms with E-state index in [1.54, 1.807) is 18.2 Å². The normalized spacial score (nSPS) is 10.9. The average molecular weight is 323 g/mol. The van der Waals surface area contributed by atoms with E-state index in [9.17, 15) is 8.42 Å². The van der Waals surface area contributed by atoms with Gasteiger partial charge in [-0.25, -0.2) is 13.6 Å². The van der Waals surface area contributed by atoms with Crippen molar-refractivity contribution in [3.63, 3.8) is 0 Å². The number of nitriles is 1. The van der Waals surface area contributed by atoms with Crippen molar-refractivity contribution in [2.24, 2.45) is 5.14 Å². The Hall–Kier alpha value is -2.27. The zero-order valence-corrected chi connectivity index (χ0v) is 12.2. The summed E-state index contributed by atoms with van der Waals surface area (Å²) in [5, 5.41) is 17.3. The molecule has 108 valence electrons. The molecule has 0 aliphatic carbocycles. The molecular weight excluding hydrogens is 312 g/mol. The highest BCUT2D eigenvalue weighted by Gasteiger charge is 2.11. The van der Waals surface area contributed by atoms with Crippen LogP contribution in [0.1, 0.15) is 5.56 Å². The molecule has 8 heteroatoms. The fourth-order valence-electron chi connectivity index (χ4n) is 1.70. The van der Waals surface area contributed by atoms with Crippen LogP contribution in [0.15, 0.2) is 41.3 Å². The first-order valence-electron chi connectivity index (χ1n) is 5.69. The molecule has 0 saturated carbocycles. The molecule has 0 aliphatic heterocycles. The van der Waals surface area contributed by atoms with Gasteiger partial charge in [0.2, 0.25) is 10.0 Å². The van der Waals surface area contributed by atoms with Crippen LogP contribution in [0.25, 0.3) is 0 Å². The van der Waals surface area contributed by atoms with Gasteiger partial charge in [-0.2, -0.15) is 5.26 Å². The summed E-state index contributed by atoms with van der Waals surface area (Å²) in [5.41, 5.74) is 7.16. The Balaban J connectivity index is 2.45. The first kappa shape index (κ1) is 15.1. The molecule has 2 aromatic rings. The third-order valence-corrected chi connectivity index (χ3v) is 3.85. The Bertz CT molecular complexity index is 844. The Kier molecular flexibility index (Phi) is 4.04. The van der Waals surface area contributed by atoms with E-state index in [0.29, 0.717) is 22.0 Å². The number of rotatable bonds is 3. The molecule has 0 amide bonds. The van der Waals surface area contributed by atoms with Crippen LogP contribution in [-0.4, -0.2) is 8.42 Å². The largest absolute Gasteiger partial charge is 0.399 e. The lowest BCUT2D eigenvalue weighted by atomic mass is 10.2. The predicted octanol–water partition coefficient (Wildman–Crippen LogP) is 2.18. The van der Waals surface area contributed by atoms with Crippen LogP contribution in [0.3, 0.4) is 0 Å². The topological polar surface area (TPSA) is 122 Å². The quantitative estimate of drug-likeness (QED) is 0.747. The number of nitrogens with zero attached hydrogens (tertiary/aromatic N) is 1. The minimum Gasteiger partial charge on any atom is -0.399 e. The number of hydrogen-bond donors (Lipinski definition) is 3. The summed E-state index contributed by atoms with van der Waals surface area (Å²) in [5.74, 6) is 0. The molecule has 5 N–H and O–H groups in total. The molecule has 0 heterocycles. The third kappa shape index (κ3) is 3.64. The lowest BCUT2D eigenvalue weighted by Gasteiger charge is -2.11. The smallest absolute Gasteiger partial charge is 0.238 e. The number of nitrogens with two attached hydrogens (primary N) is 2. The second kappa shape index (κ2) is 5.61. The fraction of sp³-hybridized carbons (Fsp3) is 0. The van der Waals surface area contributed by atoms with Gasteiger partial charge in [0.1, 0.15) is 0 Å². The molecule has 6 nitrogen and oxygen atoms in total. The maximum absolute atomic E-state index is 11.4. The van der Waals surface area contributed by atoms with Gasteiger partial charge >= 0.3 is 0 Å². The molecule has 0 spiro atoms. The zero-order chi connectivity index (χ0) is 15.6. The van der Waals surface area contributed by atoms with Crippen LogP contribution in [0.5, 0.6) is 0 Å². The second-order valence-corrected chi connectivity index (χ2v) is 6.24. The van der Waals surface area contributed by atoms with Gasteiger partial charge < -0.3 is 11.1 Å². The molecule has 0 aromatic heterocycles. The van der Waals surface area contributed by atoms with E-state index < -0.39 is 10.0 Å². The summed E-state index contributed by atoms with van der Waals surface area (Å²) < 4.78 is 22.8. The van der Waals surface area contributed by atoms with Crippen LogP contribution in [0.2, 0.25) is 5.02 Å². The molecule has 0 aliphatic rings. The second-order valence-electron chi connectivity index (χ2n) is 4.27. The highest BCUT2D eigenvalue weighted by atomic mass is 35.5. The van der Waals surface area contributed by atoms with Crippen LogP contribution < -0.4 is 16.2 Å². The summed E-state index contributed by atoms with van der Waals surface area (Å²) in [7, 11) is -3.87. The van der Waals surface area contributed by atoms with Gasteiger partial charge in [0.25, 0.3) is 0 Å². The van der Waals surface area contributed by atoms with Gasteiger partial charge in [0.05, 0.1) is 27.2 Å². The summed E-state index contributed by atoms with van der Waals surface area (Å²) >= 11 is 6.03. The minimum absolute atomic E-state index is 0.113. The molecule has 2 aromatic carbocycles. The summed E-state index contributed by atoms with van der Waals surface area (Å²) in [6.07, 6.45) is 0. The average Bonchev–Trinajstić information content (AvgIpc) is 2.39. The van der Waals surface area contributed by atoms with Crippen molar-refractivity contribution in [2.45, 2.75) is 4.90 Å². The third-order valence-electron chi connectivity index (χ3n) is 2.63. The number of benzene rings is 2. The van der Waals surface area contributed by atoms with Crippen molar-refractivity contribution in [2.75, 3.05) is 11.1 Å². The van der Waals surface area contributed by atoms with Crippen LogP contribution in [0.4, 0.5) is 17.1 Å². The molecule has 0 saturated heterocycles. The highest BCUT2D eigenvalue weighted by molar-refractivity contribution is 7.89. The van der Waals surface area contributed by atoms with E-state index in [1.165, 1.54) is 18.2 Å². The lowest BCUT2D eigenvalue weighted by Crippen LogP contribution is -2.12. The Morgan fingerprint density at radius 2 is 1.90 bits per heavy atom. The molecule has 0 unspecified atom stereocenters. The lowest BCUT2D eigenvalue weighted by molar-refractivity contribution is 0.598. The number of nitrogens with one attached hydrogen (secondary N) is 1. The number of anilines is 3. The van der Waals surface area contributed by atoms with Crippen LogP contribution in [-0.2, 0) is 10.0 Å². The standard InChI is InChI=1S/C13H11ClN4O2S/c14-12-2-1-8(7-15)3-13(12)18-10-4-9(16)5-11(6-10)21(17,19)20/h1-6,18H,16H2,(H2,17,19,20). The van der Waals surface area contributed by atoms with Crippen LogP contribution >= 0.6 is 11.6 Å². The number of sulfonamides is 1. The van der Waals surface area contributed by atoms with Gasteiger partial charge in [-0.1, -0.05) is 11.6 Å². The van der Waals surface area contributed by atoms with Crippen molar-refractivity contribution in [1.82, 2.24) is 0 Å². The zero-order valence-electron chi connectivity index (χ0n) is 10.7. The number of nitrogen functional groups attached to an aromatic ring is 1. The van der Waals surface area contributed by atoms with E-state index in [1.807, 2.05) is 6.07 Å². The van der Waals surface area contributed by atoms with E-state index in [4.69, 9.17) is 27.7 Å². The monoisotopic (exact) mass is 322 g/mol. The molecule has 0 radical (unpaired) electrons. The maximum atomic E-state index is 11.4. The molecular formula is C13H11ClN4O2S. The van der Waals surface area contributed by atoms with E-state index in [2.05, 4.69) is 5.32 Å². The molecule has 0 atom stereocenters. The van der Waals surface area contributed by atoms with Gasteiger partial charge in [0.15, 0.2) is 0 Å². The minimum atomic E-state index is -3.87. The van der Waals surface area contributed by atoms with Crippen molar-refractivity contribution in [3.05, 3.63) is 47.0 Å². The summed E-state index contributed by atoms with van der Waals surface area (Å²) in [6.45, 7) is 0. The van der Waals surface area contributed by atoms with Gasteiger partial charge in [-0.05, 0) is 36.4 Å². The predicted molar refractivity (Wildman–Crippen MR) is 81.7 cm³/mol. The number of hydrogen-bond acceptors (Lipinski definition) is 5. The Labute approximate surface area is 127 Å². The van der Waals surface area contributed by atoms with E-state index in [0.717, 1.165) is 0 Å². The van der Waals surface area contributed by atoms with E-state index in [-0.39, 0.29) is 10.6 Å². The van der Waals surface area contributed by atoms with Crippen molar-refractivity contribution >= 4 is 38.7 Å². The van der Waals surface area contributed by atoms with Crippen LogP contribution in [0, 0.1) is 11.3 Å². The first-order valence-corrected chi connectivity index (χ1v) is 7.62. The van der Waals surface area contributed by atoms with Crippen molar-refractivity contribution in [1.29, 1.82) is 5.26 Å². The highest BCUT2D eigenvalue weighted by Crippen LogP contribution is 2.28. The Morgan fingerprint density at radius 3 is 2.52 bits per heavy atom. The van der Waals surface area contributed by atoms with Crippen molar-refractivity contribution < 1.29 is 8.42 Å². The molecule has 0 bridgehead atoms. The molecule has 2 rings (SSSR count). The number of halogens is 1. The van der Waals surface area contributed by atoms with E-state index >= 15 is 0 Å². The Morgan fingerprint density at radius 1 is 1.19 bits per heavy atom. The maximum Gasteiger partial charge on any atom is 0.238 e. The van der Waals surface area contributed by atoms with Crippen molar-refractivity contribution in [3.8, 4) is 6.07 Å².